The van der Waals surface area contributed by atoms with E-state index < -0.39 is 5.82 Å². The van der Waals surface area contributed by atoms with E-state index in [-0.39, 0.29) is 5.91 Å². The molecule has 0 fully saturated rings. The summed E-state index contributed by atoms with van der Waals surface area (Å²) in [5.41, 5.74) is 2.59. The van der Waals surface area contributed by atoms with Crippen LogP contribution in [0.15, 0.2) is 36.5 Å². The number of amides is 1. The molecule has 1 heterocycles. The van der Waals surface area contributed by atoms with E-state index in [1.165, 1.54) is 12.1 Å². The summed E-state index contributed by atoms with van der Waals surface area (Å²) >= 11 is 0. The van der Waals surface area contributed by atoms with E-state index in [4.69, 9.17) is 0 Å². The number of pyridine rings is 1. The van der Waals surface area contributed by atoms with Crippen molar-refractivity contribution in [3.8, 4) is 0 Å². The summed E-state index contributed by atoms with van der Waals surface area (Å²) in [5.74, 6) is -0.340. The molecule has 92 valence electrons. The number of anilines is 1. The number of halogens is 1. The first kappa shape index (κ1) is 12.2. The SMILES string of the molecule is Cc1ccc(C(=O)Nc2ccc(F)cn2)c(C)c1. The zero-order valence-electron chi connectivity index (χ0n) is 10.2. The standard InChI is InChI=1S/C14H13FN2O/c1-9-3-5-12(10(2)7-9)14(18)17-13-6-4-11(15)8-16-13/h3-8H,1-2H3,(H,16,17,18). The van der Waals surface area contributed by atoms with Crippen molar-refractivity contribution in [3.05, 3.63) is 59.0 Å². The van der Waals surface area contributed by atoms with Gasteiger partial charge in [0.15, 0.2) is 0 Å². The Bertz CT molecular complexity index is 579. The number of carbonyl (C=O) groups is 1. The van der Waals surface area contributed by atoms with E-state index in [1.54, 1.807) is 6.07 Å². The first-order valence-electron chi connectivity index (χ1n) is 5.56. The number of hydrogen-bond donors (Lipinski definition) is 1. The number of rotatable bonds is 2. The highest BCUT2D eigenvalue weighted by Gasteiger charge is 2.09. The van der Waals surface area contributed by atoms with Gasteiger partial charge in [-0.3, -0.25) is 4.79 Å². The molecule has 3 nitrogen and oxygen atoms in total. The van der Waals surface area contributed by atoms with Gasteiger partial charge in [-0.2, -0.15) is 0 Å². The molecule has 4 heteroatoms. The highest BCUT2D eigenvalue weighted by Crippen LogP contribution is 2.13. The molecule has 0 atom stereocenters. The van der Waals surface area contributed by atoms with Crippen LogP contribution in [0.5, 0.6) is 0 Å². The molecule has 1 N–H and O–H groups in total. The third-order valence-corrected chi connectivity index (χ3v) is 2.60. The lowest BCUT2D eigenvalue weighted by Crippen LogP contribution is -2.14. The summed E-state index contributed by atoms with van der Waals surface area (Å²) < 4.78 is 12.7. The molecule has 0 aliphatic carbocycles. The van der Waals surface area contributed by atoms with Crippen molar-refractivity contribution in [2.24, 2.45) is 0 Å². The second-order valence-electron chi connectivity index (χ2n) is 4.13. The van der Waals surface area contributed by atoms with Gasteiger partial charge in [-0.25, -0.2) is 9.37 Å². The average molecular weight is 244 g/mol. The van der Waals surface area contributed by atoms with Crippen LogP contribution in [-0.2, 0) is 0 Å². The van der Waals surface area contributed by atoms with Crippen molar-refractivity contribution in [2.45, 2.75) is 13.8 Å². The van der Waals surface area contributed by atoms with Crippen molar-refractivity contribution < 1.29 is 9.18 Å². The van der Waals surface area contributed by atoms with Crippen LogP contribution in [0.1, 0.15) is 21.5 Å². The van der Waals surface area contributed by atoms with Gasteiger partial charge in [-0.1, -0.05) is 17.7 Å². The summed E-state index contributed by atoms with van der Waals surface area (Å²) in [7, 11) is 0. The maximum absolute atomic E-state index is 12.7. The predicted octanol–water partition coefficient (Wildman–Crippen LogP) is 3.09. The number of carbonyl (C=O) groups excluding carboxylic acids is 1. The lowest BCUT2D eigenvalue weighted by atomic mass is 10.1. The Balaban J connectivity index is 2.19. The molecule has 0 unspecified atom stereocenters. The summed E-state index contributed by atoms with van der Waals surface area (Å²) in [6.07, 6.45) is 1.07. The third-order valence-electron chi connectivity index (χ3n) is 2.60. The van der Waals surface area contributed by atoms with Gasteiger partial charge in [0, 0.05) is 5.56 Å². The fourth-order valence-corrected chi connectivity index (χ4v) is 1.70. The van der Waals surface area contributed by atoms with Crippen LogP contribution in [0.3, 0.4) is 0 Å². The maximum atomic E-state index is 12.7. The molecule has 1 amide bonds. The Morgan fingerprint density at radius 2 is 2.00 bits per heavy atom. The molecule has 1 aromatic carbocycles. The number of aromatic nitrogens is 1. The van der Waals surface area contributed by atoms with Gasteiger partial charge in [0.25, 0.3) is 5.91 Å². The number of nitrogens with zero attached hydrogens (tertiary/aromatic N) is 1. The number of nitrogens with one attached hydrogen (secondary N) is 1. The first-order valence-corrected chi connectivity index (χ1v) is 5.56. The highest BCUT2D eigenvalue weighted by molar-refractivity contribution is 6.04. The van der Waals surface area contributed by atoms with Crippen molar-refractivity contribution in [1.29, 1.82) is 0 Å². The van der Waals surface area contributed by atoms with Gasteiger partial charge in [0.2, 0.25) is 0 Å². The van der Waals surface area contributed by atoms with Gasteiger partial charge in [-0.15, -0.1) is 0 Å². The van der Waals surface area contributed by atoms with E-state index >= 15 is 0 Å². The molecule has 1 aromatic heterocycles. The summed E-state index contributed by atoms with van der Waals surface area (Å²) in [6, 6.07) is 8.26. The number of aryl methyl sites for hydroxylation is 2. The normalized spacial score (nSPS) is 10.2. The molecule has 18 heavy (non-hydrogen) atoms. The van der Waals surface area contributed by atoms with Gasteiger partial charge in [0.05, 0.1) is 6.20 Å². The summed E-state index contributed by atoms with van der Waals surface area (Å²) in [5, 5.41) is 2.63. The van der Waals surface area contributed by atoms with Crippen molar-refractivity contribution >= 4 is 11.7 Å². The molecular formula is C14H13FN2O. The summed E-state index contributed by atoms with van der Waals surface area (Å²) in [4.78, 5) is 15.8. The topological polar surface area (TPSA) is 42.0 Å². The van der Waals surface area contributed by atoms with E-state index in [0.717, 1.165) is 17.3 Å². The van der Waals surface area contributed by atoms with Gasteiger partial charge in [0.1, 0.15) is 11.6 Å². The molecule has 0 aliphatic rings. The molecule has 0 spiro atoms. The van der Waals surface area contributed by atoms with Gasteiger partial charge >= 0.3 is 0 Å². The Labute approximate surface area is 105 Å². The minimum atomic E-state index is -0.431. The van der Waals surface area contributed by atoms with Gasteiger partial charge < -0.3 is 5.32 Å². The predicted molar refractivity (Wildman–Crippen MR) is 68.1 cm³/mol. The number of hydrogen-bond acceptors (Lipinski definition) is 2. The quantitative estimate of drug-likeness (QED) is 0.882. The molecule has 0 aliphatic heterocycles. The van der Waals surface area contributed by atoms with Crippen molar-refractivity contribution in [3.63, 3.8) is 0 Å². The minimum Gasteiger partial charge on any atom is -0.307 e. The Kier molecular flexibility index (Phi) is 3.37. The van der Waals surface area contributed by atoms with Crippen LogP contribution < -0.4 is 5.32 Å². The first-order chi connectivity index (χ1) is 8.56. The minimum absolute atomic E-state index is 0.244. The van der Waals surface area contributed by atoms with Crippen molar-refractivity contribution in [2.75, 3.05) is 5.32 Å². The van der Waals surface area contributed by atoms with Crippen LogP contribution in [0.2, 0.25) is 0 Å². The maximum Gasteiger partial charge on any atom is 0.257 e. The highest BCUT2D eigenvalue weighted by atomic mass is 19.1. The largest absolute Gasteiger partial charge is 0.307 e. The average Bonchev–Trinajstić information content (AvgIpc) is 2.32. The Hall–Kier alpha value is -2.23. The lowest BCUT2D eigenvalue weighted by molar-refractivity contribution is 0.102. The molecule has 2 rings (SSSR count). The fraction of sp³-hybridized carbons (Fsp3) is 0.143. The Morgan fingerprint density at radius 3 is 2.61 bits per heavy atom. The lowest BCUT2D eigenvalue weighted by Gasteiger charge is -2.07. The second-order valence-corrected chi connectivity index (χ2v) is 4.13. The molecular weight excluding hydrogens is 231 g/mol. The van der Waals surface area contributed by atoms with Crippen LogP contribution in [0.4, 0.5) is 10.2 Å². The smallest absolute Gasteiger partial charge is 0.257 e. The van der Waals surface area contributed by atoms with Crippen molar-refractivity contribution in [1.82, 2.24) is 4.98 Å². The second kappa shape index (κ2) is 4.96. The van der Waals surface area contributed by atoms with E-state index in [2.05, 4.69) is 10.3 Å². The zero-order valence-corrected chi connectivity index (χ0v) is 10.2. The Morgan fingerprint density at radius 1 is 1.22 bits per heavy atom. The van der Waals surface area contributed by atoms with Crippen LogP contribution in [-0.4, -0.2) is 10.9 Å². The monoisotopic (exact) mass is 244 g/mol. The number of benzene rings is 1. The summed E-state index contributed by atoms with van der Waals surface area (Å²) in [6.45, 7) is 3.84. The molecule has 0 saturated heterocycles. The third kappa shape index (κ3) is 2.71. The van der Waals surface area contributed by atoms with Crippen LogP contribution in [0, 0.1) is 19.7 Å². The van der Waals surface area contributed by atoms with Crippen LogP contribution in [0.25, 0.3) is 0 Å². The van der Waals surface area contributed by atoms with Gasteiger partial charge in [-0.05, 0) is 37.6 Å². The fourth-order valence-electron chi connectivity index (χ4n) is 1.70. The van der Waals surface area contributed by atoms with Crippen LogP contribution >= 0.6 is 0 Å². The van der Waals surface area contributed by atoms with E-state index in [0.29, 0.717) is 11.4 Å². The molecule has 0 saturated carbocycles. The molecule has 0 bridgehead atoms. The molecule has 0 radical (unpaired) electrons. The van der Waals surface area contributed by atoms with E-state index in [1.807, 2.05) is 26.0 Å². The van der Waals surface area contributed by atoms with E-state index in [9.17, 15) is 9.18 Å². The zero-order chi connectivity index (χ0) is 13.1. The molecule has 2 aromatic rings.